The van der Waals surface area contributed by atoms with Crippen LogP contribution in [0.3, 0.4) is 0 Å². The van der Waals surface area contributed by atoms with E-state index in [1.165, 1.54) is 0 Å². The van der Waals surface area contributed by atoms with Gasteiger partial charge >= 0.3 is 0 Å². The number of hydrogen-bond donors (Lipinski definition) is 1. The van der Waals surface area contributed by atoms with Crippen LogP contribution < -0.4 is 4.90 Å². The minimum Gasteiger partial charge on any atom is -0.394 e. The van der Waals surface area contributed by atoms with E-state index in [2.05, 4.69) is 40.7 Å². The van der Waals surface area contributed by atoms with Gasteiger partial charge in [-0.25, -0.2) is 0 Å². The van der Waals surface area contributed by atoms with Crippen molar-refractivity contribution in [1.29, 1.82) is 0 Å². The monoisotopic (exact) mass is 565 g/mol. The normalized spacial score (nSPS) is 33.0. The predicted molar refractivity (Wildman–Crippen MR) is 160 cm³/mol. The quantitative estimate of drug-likeness (QED) is 0.540. The van der Waals surface area contributed by atoms with E-state index in [4.69, 9.17) is 0 Å². The van der Waals surface area contributed by atoms with E-state index < -0.39 is 39.0 Å². The lowest BCUT2D eigenvalue weighted by Gasteiger charge is -2.45. The molecule has 1 unspecified atom stereocenters. The van der Waals surface area contributed by atoms with Crippen LogP contribution in [0.4, 0.5) is 5.69 Å². The number of likely N-dealkylation sites (tertiary alicyclic amines) is 1. The van der Waals surface area contributed by atoms with Crippen LogP contribution in [0.1, 0.15) is 54.9 Å². The summed E-state index contributed by atoms with van der Waals surface area (Å²) < 4.78 is -1.60. The molecule has 8 heteroatoms. The van der Waals surface area contributed by atoms with Crippen LogP contribution in [0.5, 0.6) is 0 Å². The zero-order chi connectivity index (χ0) is 29.3. The zero-order valence-electron chi connectivity index (χ0n) is 24.8. The predicted octanol–water partition coefficient (Wildman–Crippen LogP) is 4.27. The summed E-state index contributed by atoms with van der Waals surface area (Å²) in [5, 5.41) is 10.2. The SMILES string of the molecule is C[C@H](CO)N1C(=O)[C@@H]2[C@@H]3C(=O)N(c4ccccc4)CC=C[C@]3(C)S[C@@]23C=CCN(C(C)(C)CC(C)(C)C)C(=O)C13. The number of fused-ring (bicyclic) bond motifs is 2. The standard InChI is InChI=1S/C32H43N3O4S/c1-21(19-36)35-25-28(39)34(30(5,6)20-29(2,3)4)18-12-16-32(25)24(27(35)38)23-26(37)33(22-13-9-8-10-14-22)17-11-15-31(23,7)40-32/h8-16,21,23-25,36H,17-20H2,1-7H3/t21-,23-,24+,25?,31+,32+/m1/s1. The number of anilines is 1. The highest BCUT2D eigenvalue weighted by Crippen LogP contribution is 2.66. The third-order valence-electron chi connectivity index (χ3n) is 9.00. The average molecular weight is 566 g/mol. The van der Waals surface area contributed by atoms with Gasteiger partial charge in [-0.05, 0) is 51.7 Å². The highest BCUT2D eigenvalue weighted by molar-refractivity contribution is 8.02. The van der Waals surface area contributed by atoms with Crippen molar-refractivity contribution in [2.75, 3.05) is 24.6 Å². The number of nitrogens with zero attached hydrogens (tertiary/aromatic N) is 3. The molecule has 1 spiro atoms. The summed E-state index contributed by atoms with van der Waals surface area (Å²) in [5.74, 6) is -1.83. The Labute approximate surface area is 242 Å². The van der Waals surface area contributed by atoms with Crippen molar-refractivity contribution >= 4 is 35.2 Å². The molecule has 40 heavy (non-hydrogen) atoms. The average Bonchev–Trinajstić information content (AvgIpc) is 3.14. The van der Waals surface area contributed by atoms with Crippen LogP contribution in [0, 0.1) is 17.3 Å². The van der Waals surface area contributed by atoms with Gasteiger partial charge in [-0.3, -0.25) is 14.4 Å². The van der Waals surface area contributed by atoms with Crippen molar-refractivity contribution in [3.63, 3.8) is 0 Å². The van der Waals surface area contributed by atoms with Gasteiger partial charge in [0, 0.05) is 29.1 Å². The molecule has 0 aromatic heterocycles. The largest absolute Gasteiger partial charge is 0.394 e. The van der Waals surface area contributed by atoms with Gasteiger partial charge in [-0.15, -0.1) is 11.8 Å². The molecule has 5 rings (SSSR count). The van der Waals surface area contributed by atoms with E-state index in [0.717, 1.165) is 12.1 Å². The Morgan fingerprint density at radius 3 is 2.23 bits per heavy atom. The van der Waals surface area contributed by atoms with Gasteiger partial charge in [0.1, 0.15) is 6.04 Å². The number of rotatable bonds is 5. The maximum atomic E-state index is 14.7. The van der Waals surface area contributed by atoms with Gasteiger partial charge in [0.25, 0.3) is 0 Å². The minimum absolute atomic E-state index is 0.00944. The van der Waals surface area contributed by atoms with Crippen LogP contribution in [-0.4, -0.2) is 79.4 Å². The summed E-state index contributed by atoms with van der Waals surface area (Å²) in [6.45, 7) is 15.1. The molecule has 1 aromatic carbocycles. The summed E-state index contributed by atoms with van der Waals surface area (Å²) in [6, 6.07) is 8.18. The van der Waals surface area contributed by atoms with E-state index in [1.54, 1.807) is 28.5 Å². The molecular weight excluding hydrogens is 522 g/mol. The molecule has 0 bridgehead atoms. The van der Waals surface area contributed by atoms with Crippen molar-refractivity contribution < 1.29 is 19.5 Å². The molecule has 0 saturated carbocycles. The van der Waals surface area contributed by atoms with Crippen LogP contribution in [0.15, 0.2) is 54.6 Å². The molecule has 4 aliphatic rings. The Kier molecular flexibility index (Phi) is 7.06. The van der Waals surface area contributed by atoms with E-state index in [1.807, 2.05) is 60.4 Å². The molecule has 4 heterocycles. The summed E-state index contributed by atoms with van der Waals surface area (Å²) in [7, 11) is 0. The lowest BCUT2D eigenvalue weighted by Crippen LogP contribution is -2.60. The van der Waals surface area contributed by atoms with Crippen LogP contribution >= 0.6 is 11.8 Å². The molecule has 3 amide bonds. The van der Waals surface area contributed by atoms with E-state index in [9.17, 15) is 19.5 Å². The molecule has 2 fully saturated rings. The second-order valence-electron chi connectivity index (χ2n) is 13.9. The number of benzene rings is 1. The summed E-state index contributed by atoms with van der Waals surface area (Å²) in [4.78, 5) is 48.9. The van der Waals surface area contributed by atoms with Crippen molar-refractivity contribution in [3.05, 3.63) is 54.6 Å². The Morgan fingerprint density at radius 2 is 1.60 bits per heavy atom. The second-order valence-corrected chi connectivity index (χ2v) is 15.7. The first-order chi connectivity index (χ1) is 18.7. The highest BCUT2D eigenvalue weighted by atomic mass is 32.2. The van der Waals surface area contributed by atoms with Crippen LogP contribution in [-0.2, 0) is 14.4 Å². The summed E-state index contributed by atoms with van der Waals surface area (Å²) in [6.07, 6.45) is 8.95. The third kappa shape index (κ3) is 4.42. The van der Waals surface area contributed by atoms with Crippen molar-refractivity contribution in [1.82, 2.24) is 9.80 Å². The van der Waals surface area contributed by atoms with E-state index >= 15 is 0 Å². The number of carbonyl (C=O) groups excluding carboxylic acids is 3. The van der Waals surface area contributed by atoms with Crippen LogP contribution in [0.2, 0.25) is 0 Å². The molecule has 216 valence electrons. The van der Waals surface area contributed by atoms with Crippen LogP contribution in [0.25, 0.3) is 0 Å². The molecule has 1 aromatic rings. The van der Waals surface area contributed by atoms with Gasteiger partial charge in [0.2, 0.25) is 17.7 Å². The fourth-order valence-corrected chi connectivity index (χ4v) is 9.95. The van der Waals surface area contributed by atoms with E-state index in [-0.39, 0.29) is 29.7 Å². The van der Waals surface area contributed by atoms with Gasteiger partial charge < -0.3 is 19.8 Å². The van der Waals surface area contributed by atoms with Gasteiger partial charge in [-0.2, -0.15) is 0 Å². The lowest BCUT2D eigenvalue weighted by atomic mass is 9.74. The van der Waals surface area contributed by atoms with Gasteiger partial charge in [-0.1, -0.05) is 63.3 Å². The molecule has 2 saturated heterocycles. The highest BCUT2D eigenvalue weighted by Gasteiger charge is 2.74. The number of amides is 3. The Balaban J connectivity index is 1.64. The summed E-state index contributed by atoms with van der Waals surface area (Å²) in [5.41, 5.74) is 0.319. The maximum absolute atomic E-state index is 14.7. The lowest BCUT2D eigenvalue weighted by molar-refractivity contribution is -0.148. The molecule has 0 aliphatic carbocycles. The first kappa shape index (κ1) is 28.9. The fourth-order valence-electron chi connectivity index (χ4n) is 7.80. The van der Waals surface area contributed by atoms with Crippen molar-refractivity contribution in [3.8, 4) is 0 Å². The van der Waals surface area contributed by atoms with Crippen molar-refractivity contribution in [2.24, 2.45) is 17.3 Å². The molecular formula is C32H43N3O4S. The second kappa shape index (κ2) is 9.76. The van der Waals surface area contributed by atoms with Crippen molar-refractivity contribution in [2.45, 2.75) is 82.0 Å². The number of aliphatic hydroxyl groups is 1. The number of para-hydroxylation sites is 1. The fraction of sp³-hybridized carbons (Fsp3) is 0.594. The minimum atomic E-state index is -0.927. The molecule has 6 atom stereocenters. The molecule has 7 nitrogen and oxygen atoms in total. The summed E-state index contributed by atoms with van der Waals surface area (Å²) >= 11 is 1.58. The number of aliphatic hydroxyl groups excluding tert-OH is 1. The Morgan fingerprint density at radius 1 is 0.950 bits per heavy atom. The zero-order valence-corrected chi connectivity index (χ0v) is 25.6. The Hall–Kier alpha value is -2.58. The molecule has 1 N–H and O–H groups in total. The first-order valence-electron chi connectivity index (χ1n) is 14.3. The van der Waals surface area contributed by atoms with Gasteiger partial charge in [0.05, 0.1) is 29.2 Å². The van der Waals surface area contributed by atoms with E-state index in [0.29, 0.717) is 13.1 Å². The third-order valence-corrected chi connectivity index (χ3v) is 10.8. The Bertz CT molecular complexity index is 1250. The smallest absolute Gasteiger partial charge is 0.247 e. The number of hydrogen-bond acceptors (Lipinski definition) is 5. The first-order valence-corrected chi connectivity index (χ1v) is 15.1. The molecule has 0 radical (unpaired) electrons. The molecule has 4 aliphatic heterocycles. The van der Waals surface area contributed by atoms with Gasteiger partial charge in [0.15, 0.2) is 0 Å². The maximum Gasteiger partial charge on any atom is 0.247 e. The number of carbonyl (C=O) groups is 3. The number of thioether (sulfide) groups is 1. The topological polar surface area (TPSA) is 81.2 Å².